The molecule has 1 aromatic rings. The van der Waals surface area contributed by atoms with Crippen molar-refractivity contribution >= 4 is 5.69 Å². The Kier molecular flexibility index (Phi) is 5.44. The monoisotopic (exact) mass is 275 g/mol. The van der Waals surface area contributed by atoms with Crippen LogP contribution < -0.4 is 10.2 Å². The van der Waals surface area contributed by atoms with Crippen molar-refractivity contribution in [2.75, 3.05) is 38.1 Å². The highest BCUT2D eigenvalue weighted by Gasteiger charge is 2.23. The Bertz CT molecular complexity index is 416. The van der Waals surface area contributed by atoms with Gasteiger partial charge in [0.1, 0.15) is 0 Å². The van der Waals surface area contributed by atoms with Gasteiger partial charge in [-0.15, -0.1) is 0 Å². The van der Waals surface area contributed by atoms with Gasteiger partial charge in [0.05, 0.1) is 0 Å². The Labute approximate surface area is 124 Å². The Morgan fingerprint density at radius 3 is 2.70 bits per heavy atom. The van der Waals surface area contributed by atoms with E-state index in [4.69, 9.17) is 0 Å². The minimum atomic E-state index is 0.583. The van der Waals surface area contributed by atoms with Gasteiger partial charge >= 0.3 is 0 Å². The van der Waals surface area contributed by atoms with Crippen LogP contribution in [0.2, 0.25) is 0 Å². The normalized spacial score (nSPS) is 20.6. The number of nitrogens with one attached hydrogen (secondary N) is 1. The second-order valence-electron chi connectivity index (χ2n) is 6.46. The summed E-state index contributed by atoms with van der Waals surface area (Å²) in [5.74, 6) is 0.699. The van der Waals surface area contributed by atoms with Crippen molar-refractivity contribution in [1.82, 2.24) is 10.2 Å². The van der Waals surface area contributed by atoms with Gasteiger partial charge in [0.15, 0.2) is 0 Å². The average Bonchev–Trinajstić information content (AvgIpc) is 2.39. The van der Waals surface area contributed by atoms with Crippen LogP contribution in [0.5, 0.6) is 0 Å². The number of anilines is 1. The zero-order valence-electron chi connectivity index (χ0n) is 13.4. The highest BCUT2D eigenvalue weighted by atomic mass is 15.3. The van der Waals surface area contributed by atoms with Crippen molar-refractivity contribution in [2.24, 2.45) is 5.92 Å². The lowest BCUT2D eigenvalue weighted by atomic mass is 10.1. The Balaban J connectivity index is 2.07. The van der Waals surface area contributed by atoms with Crippen molar-refractivity contribution in [2.45, 2.75) is 33.4 Å². The van der Waals surface area contributed by atoms with E-state index < -0.39 is 0 Å². The second kappa shape index (κ2) is 7.09. The van der Waals surface area contributed by atoms with E-state index in [0.29, 0.717) is 12.0 Å². The first-order chi connectivity index (χ1) is 9.58. The van der Waals surface area contributed by atoms with E-state index in [9.17, 15) is 0 Å². The molecule has 1 atom stereocenters. The zero-order chi connectivity index (χ0) is 14.5. The summed E-state index contributed by atoms with van der Waals surface area (Å²) < 4.78 is 0. The number of rotatable bonds is 5. The molecular formula is C17H29N3. The molecule has 0 bridgehead atoms. The minimum Gasteiger partial charge on any atom is -0.366 e. The van der Waals surface area contributed by atoms with Crippen molar-refractivity contribution in [1.29, 1.82) is 0 Å². The Hall–Kier alpha value is -1.06. The molecule has 0 spiro atoms. The summed E-state index contributed by atoms with van der Waals surface area (Å²) >= 11 is 0. The van der Waals surface area contributed by atoms with Gasteiger partial charge in [0.25, 0.3) is 0 Å². The number of hydrogen-bond acceptors (Lipinski definition) is 3. The van der Waals surface area contributed by atoms with Crippen molar-refractivity contribution in [3.05, 3.63) is 29.8 Å². The number of hydrogen-bond donors (Lipinski definition) is 1. The third-order valence-corrected chi connectivity index (χ3v) is 4.00. The Morgan fingerprint density at radius 1 is 1.25 bits per heavy atom. The van der Waals surface area contributed by atoms with Gasteiger partial charge in [0.2, 0.25) is 0 Å². The maximum Gasteiger partial charge on any atom is 0.0415 e. The lowest BCUT2D eigenvalue weighted by molar-refractivity contribution is 0.275. The van der Waals surface area contributed by atoms with E-state index in [1.807, 2.05) is 0 Å². The lowest BCUT2D eigenvalue weighted by Crippen LogP contribution is -2.50. The van der Waals surface area contributed by atoms with E-state index in [2.05, 4.69) is 67.2 Å². The van der Waals surface area contributed by atoms with Crippen molar-refractivity contribution in [3.8, 4) is 0 Å². The van der Waals surface area contributed by atoms with Crippen LogP contribution in [0.25, 0.3) is 0 Å². The first-order valence-corrected chi connectivity index (χ1v) is 7.81. The molecule has 2 rings (SSSR count). The summed E-state index contributed by atoms with van der Waals surface area (Å²) in [7, 11) is 2.21. The summed E-state index contributed by atoms with van der Waals surface area (Å²) in [6, 6.07) is 9.42. The SMILES string of the molecule is CC(C)CNCc1ccccc1N1CCN(C)CC1C. The summed E-state index contributed by atoms with van der Waals surface area (Å²) in [6.07, 6.45) is 0. The van der Waals surface area contributed by atoms with Crippen molar-refractivity contribution < 1.29 is 0 Å². The molecule has 0 radical (unpaired) electrons. The van der Waals surface area contributed by atoms with Crippen molar-refractivity contribution in [3.63, 3.8) is 0 Å². The number of likely N-dealkylation sites (N-methyl/N-ethyl adjacent to an activating group) is 1. The third-order valence-electron chi connectivity index (χ3n) is 4.00. The predicted molar refractivity (Wildman–Crippen MR) is 87.3 cm³/mol. The molecule has 0 saturated carbocycles. The third kappa shape index (κ3) is 3.97. The fraction of sp³-hybridized carbons (Fsp3) is 0.647. The molecule has 1 unspecified atom stereocenters. The molecule has 0 aliphatic carbocycles. The zero-order valence-corrected chi connectivity index (χ0v) is 13.4. The summed E-state index contributed by atoms with van der Waals surface area (Å²) in [5.41, 5.74) is 2.83. The summed E-state index contributed by atoms with van der Waals surface area (Å²) in [4.78, 5) is 4.98. The molecule has 1 N–H and O–H groups in total. The molecule has 1 aromatic carbocycles. The molecule has 1 saturated heterocycles. The highest BCUT2D eigenvalue weighted by molar-refractivity contribution is 5.54. The van der Waals surface area contributed by atoms with Crippen LogP contribution >= 0.6 is 0 Å². The Morgan fingerprint density at radius 2 is 2.00 bits per heavy atom. The van der Waals surface area contributed by atoms with Crippen LogP contribution in [0.1, 0.15) is 26.3 Å². The van der Waals surface area contributed by atoms with E-state index in [0.717, 1.165) is 32.7 Å². The molecule has 3 nitrogen and oxygen atoms in total. The van der Waals surface area contributed by atoms with E-state index in [-0.39, 0.29) is 0 Å². The van der Waals surface area contributed by atoms with Crippen LogP contribution in [-0.2, 0) is 6.54 Å². The van der Waals surface area contributed by atoms with E-state index in [1.54, 1.807) is 0 Å². The molecule has 1 aliphatic rings. The maximum atomic E-state index is 3.57. The van der Waals surface area contributed by atoms with E-state index >= 15 is 0 Å². The fourth-order valence-electron chi connectivity index (χ4n) is 2.93. The predicted octanol–water partition coefficient (Wildman–Crippen LogP) is 2.57. The van der Waals surface area contributed by atoms with Gasteiger partial charge in [-0.05, 0) is 38.1 Å². The quantitative estimate of drug-likeness (QED) is 0.891. The molecule has 0 aromatic heterocycles. The molecule has 0 amide bonds. The van der Waals surface area contributed by atoms with Crippen LogP contribution in [0.15, 0.2) is 24.3 Å². The van der Waals surface area contributed by atoms with Gasteiger partial charge in [0, 0.05) is 37.9 Å². The number of piperazine rings is 1. The molecule has 1 aliphatic heterocycles. The second-order valence-corrected chi connectivity index (χ2v) is 6.46. The summed E-state index contributed by atoms with van der Waals surface area (Å²) in [6.45, 7) is 12.3. The van der Waals surface area contributed by atoms with Gasteiger partial charge in [-0.25, -0.2) is 0 Å². The average molecular weight is 275 g/mol. The van der Waals surface area contributed by atoms with Gasteiger partial charge in [-0.1, -0.05) is 32.0 Å². The number of nitrogens with zero attached hydrogens (tertiary/aromatic N) is 2. The number of benzene rings is 1. The van der Waals surface area contributed by atoms with Crippen LogP contribution in [0.4, 0.5) is 5.69 Å². The molecule has 112 valence electrons. The topological polar surface area (TPSA) is 18.5 Å². The maximum absolute atomic E-state index is 3.57. The largest absolute Gasteiger partial charge is 0.366 e. The summed E-state index contributed by atoms with van der Waals surface area (Å²) in [5, 5.41) is 3.57. The standard InChI is InChI=1S/C17H29N3/c1-14(2)11-18-12-16-7-5-6-8-17(16)20-10-9-19(4)13-15(20)3/h5-8,14-15,18H,9-13H2,1-4H3. The van der Waals surface area contributed by atoms with Gasteiger partial charge in [-0.2, -0.15) is 0 Å². The first-order valence-electron chi connectivity index (χ1n) is 7.81. The molecule has 3 heteroatoms. The lowest BCUT2D eigenvalue weighted by Gasteiger charge is -2.40. The van der Waals surface area contributed by atoms with Crippen LogP contribution in [0, 0.1) is 5.92 Å². The smallest absolute Gasteiger partial charge is 0.0415 e. The molecule has 20 heavy (non-hydrogen) atoms. The van der Waals surface area contributed by atoms with Crippen LogP contribution in [-0.4, -0.2) is 44.2 Å². The molecule has 1 heterocycles. The molecular weight excluding hydrogens is 246 g/mol. The molecule has 1 fully saturated rings. The first kappa shape index (κ1) is 15.3. The number of para-hydroxylation sites is 1. The van der Waals surface area contributed by atoms with Gasteiger partial charge < -0.3 is 15.1 Å². The van der Waals surface area contributed by atoms with E-state index in [1.165, 1.54) is 11.3 Å². The van der Waals surface area contributed by atoms with Gasteiger partial charge in [-0.3, -0.25) is 0 Å². The minimum absolute atomic E-state index is 0.583. The fourth-order valence-corrected chi connectivity index (χ4v) is 2.93. The highest BCUT2D eigenvalue weighted by Crippen LogP contribution is 2.24. The van der Waals surface area contributed by atoms with Crippen LogP contribution in [0.3, 0.4) is 0 Å².